The fourth-order valence-corrected chi connectivity index (χ4v) is 4.48. The van der Waals surface area contributed by atoms with Crippen molar-refractivity contribution in [2.24, 2.45) is 12.8 Å². The number of pyridine rings is 1. The monoisotopic (exact) mass is 470 g/mol. The van der Waals surface area contributed by atoms with E-state index in [0.29, 0.717) is 11.5 Å². The molecular weight excluding hydrogens is 444 g/mol. The summed E-state index contributed by atoms with van der Waals surface area (Å²) in [6.45, 7) is 3.20. The number of aryl methyl sites for hydroxylation is 1. The summed E-state index contributed by atoms with van der Waals surface area (Å²) in [6, 6.07) is 8.05. The molecule has 2 fully saturated rings. The standard InChI is InChI=1S/C25H26N8O2/c1-32-14-28-21-18(12-27-13-19(21)32)22-20(15-2-3-15)31-25(23(30-22)24(26)34)29-16-4-6-17(7-5-16)33-8-10-35-11-9-33/h4-7,12-15H,2-3,8-11H2,1H3,(H2,26,34)(H,29,31). The smallest absolute Gasteiger partial charge is 0.271 e. The van der Waals surface area contributed by atoms with Crippen molar-refractivity contribution < 1.29 is 9.53 Å². The van der Waals surface area contributed by atoms with Crippen molar-refractivity contribution in [2.45, 2.75) is 18.8 Å². The predicted molar refractivity (Wildman–Crippen MR) is 133 cm³/mol. The molecule has 1 amide bonds. The first-order chi connectivity index (χ1) is 17.1. The summed E-state index contributed by atoms with van der Waals surface area (Å²) in [6.07, 6.45) is 7.29. The highest BCUT2D eigenvalue weighted by molar-refractivity contribution is 5.98. The van der Waals surface area contributed by atoms with Crippen LogP contribution in [0.5, 0.6) is 0 Å². The number of imidazole rings is 1. The fourth-order valence-electron chi connectivity index (χ4n) is 4.48. The Hall–Kier alpha value is -4.05. The molecule has 0 unspecified atom stereocenters. The van der Waals surface area contributed by atoms with Crippen molar-refractivity contribution in [2.75, 3.05) is 36.5 Å². The highest BCUT2D eigenvalue weighted by Crippen LogP contribution is 2.44. The van der Waals surface area contributed by atoms with Gasteiger partial charge in [0, 0.05) is 49.2 Å². The molecule has 35 heavy (non-hydrogen) atoms. The molecule has 1 saturated heterocycles. The molecule has 1 aliphatic carbocycles. The van der Waals surface area contributed by atoms with Crippen LogP contribution in [-0.4, -0.2) is 56.7 Å². The number of fused-ring (bicyclic) bond motifs is 1. The lowest BCUT2D eigenvalue weighted by atomic mass is 10.1. The molecule has 10 nitrogen and oxygen atoms in total. The Morgan fingerprint density at radius 1 is 1.11 bits per heavy atom. The number of nitrogens with two attached hydrogens (primary N) is 1. The Kier molecular flexibility index (Phi) is 5.29. The van der Waals surface area contributed by atoms with E-state index in [1.54, 1.807) is 18.7 Å². The number of ether oxygens (including phenoxy) is 1. The van der Waals surface area contributed by atoms with Gasteiger partial charge in [-0.05, 0) is 37.1 Å². The third kappa shape index (κ3) is 4.06. The van der Waals surface area contributed by atoms with E-state index in [4.69, 9.17) is 20.4 Å². The second kappa shape index (κ2) is 8.62. The summed E-state index contributed by atoms with van der Waals surface area (Å²) in [7, 11) is 1.92. The van der Waals surface area contributed by atoms with Crippen molar-refractivity contribution in [1.29, 1.82) is 0 Å². The van der Waals surface area contributed by atoms with Crippen molar-refractivity contribution in [3.05, 3.63) is 54.4 Å². The summed E-state index contributed by atoms with van der Waals surface area (Å²) in [5.41, 5.74) is 11.6. The Balaban J connectivity index is 1.39. The van der Waals surface area contributed by atoms with Gasteiger partial charge in [-0.25, -0.2) is 15.0 Å². The van der Waals surface area contributed by atoms with Crippen LogP contribution in [0.15, 0.2) is 43.0 Å². The van der Waals surface area contributed by atoms with Crippen molar-refractivity contribution in [3.8, 4) is 11.3 Å². The molecule has 0 atom stereocenters. The molecular formula is C25H26N8O2. The van der Waals surface area contributed by atoms with Gasteiger partial charge in [0.15, 0.2) is 11.5 Å². The molecule has 1 aliphatic heterocycles. The average molecular weight is 471 g/mol. The van der Waals surface area contributed by atoms with Crippen molar-refractivity contribution in [3.63, 3.8) is 0 Å². The SMILES string of the molecule is Cn1cnc2c(-c3nc(C(N)=O)c(Nc4ccc(N5CCOCC5)cc4)nc3C3CC3)cncc21. The molecule has 10 heteroatoms. The number of morpholine rings is 1. The summed E-state index contributed by atoms with van der Waals surface area (Å²) >= 11 is 0. The lowest BCUT2D eigenvalue weighted by molar-refractivity contribution is 0.0996. The Morgan fingerprint density at radius 3 is 2.60 bits per heavy atom. The number of nitrogens with zero attached hydrogens (tertiary/aromatic N) is 6. The first kappa shape index (κ1) is 21.5. The topological polar surface area (TPSA) is 124 Å². The predicted octanol–water partition coefficient (Wildman–Crippen LogP) is 2.98. The molecule has 3 N–H and O–H groups in total. The van der Waals surface area contributed by atoms with E-state index in [1.165, 1.54) is 0 Å². The van der Waals surface area contributed by atoms with Gasteiger partial charge in [0.2, 0.25) is 0 Å². The number of rotatable bonds is 6. The number of primary amides is 1. The molecule has 178 valence electrons. The summed E-state index contributed by atoms with van der Waals surface area (Å²) in [4.78, 5) is 33.3. The van der Waals surface area contributed by atoms with E-state index >= 15 is 0 Å². The van der Waals surface area contributed by atoms with Crippen LogP contribution in [0.4, 0.5) is 17.2 Å². The highest BCUT2D eigenvalue weighted by atomic mass is 16.5. The number of anilines is 3. The molecule has 3 aromatic heterocycles. The van der Waals surface area contributed by atoms with Gasteiger partial charge in [-0.3, -0.25) is 9.78 Å². The van der Waals surface area contributed by atoms with E-state index in [9.17, 15) is 4.79 Å². The molecule has 0 spiro atoms. The quantitative estimate of drug-likeness (QED) is 0.441. The number of aromatic nitrogens is 5. The molecule has 0 bridgehead atoms. The van der Waals surface area contributed by atoms with Crippen LogP contribution in [0.25, 0.3) is 22.3 Å². The fraction of sp³-hybridized carbons (Fsp3) is 0.320. The lowest BCUT2D eigenvalue weighted by Gasteiger charge is -2.29. The van der Waals surface area contributed by atoms with Crippen LogP contribution in [0.2, 0.25) is 0 Å². The normalized spacial score (nSPS) is 16.0. The zero-order valence-electron chi connectivity index (χ0n) is 19.4. The molecule has 2 aliphatic rings. The summed E-state index contributed by atoms with van der Waals surface area (Å²) < 4.78 is 7.34. The average Bonchev–Trinajstić information content (AvgIpc) is 3.67. The third-order valence-electron chi connectivity index (χ3n) is 6.52. The van der Waals surface area contributed by atoms with Crippen LogP contribution >= 0.6 is 0 Å². The molecule has 0 radical (unpaired) electrons. The number of hydrogen-bond donors (Lipinski definition) is 2. The van der Waals surface area contributed by atoms with Crippen LogP contribution in [0.1, 0.15) is 34.9 Å². The second-order valence-electron chi connectivity index (χ2n) is 8.97. The lowest BCUT2D eigenvalue weighted by Crippen LogP contribution is -2.36. The second-order valence-corrected chi connectivity index (χ2v) is 8.97. The minimum atomic E-state index is -0.644. The molecule has 4 heterocycles. The van der Waals surface area contributed by atoms with E-state index in [2.05, 4.69) is 32.3 Å². The van der Waals surface area contributed by atoms with Crippen LogP contribution in [0.3, 0.4) is 0 Å². The first-order valence-corrected chi connectivity index (χ1v) is 11.8. The van der Waals surface area contributed by atoms with Gasteiger partial charge in [0.05, 0.1) is 42.6 Å². The Bertz CT molecular complexity index is 1410. The zero-order valence-corrected chi connectivity index (χ0v) is 19.4. The van der Waals surface area contributed by atoms with E-state index in [-0.39, 0.29) is 11.6 Å². The highest BCUT2D eigenvalue weighted by Gasteiger charge is 2.32. The van der Waals surface area contributed by atoms with E-state index < -0.39 is 5.91 Å². The largest absolute Gasteiger partial charge is 0.378 e. The van der Waals surface area contributed by atoms with Gasteiger partial charge in [0.25, 0.3) is 5.91 Å². The van der Waals surface area contributed by atoms with E-state index in [0.717, 1.165) is 72.8 Å². The van der Waals surface area contributed by atoms with Gasteiger partial charge in [-0.2, -0.15) is 0 Å². The molecule has 4 aromatic rings. The maximum Gasteiger partial charge on any atom is 0.271 e. The van der Waals surface area contributed by atoms with E-state index in [1.807, 2.05) is 23.7 Å². The zero-order chi connectivity index (χ0) is 23.9. The van der Waals surface area contributed by atoms with Gasteiger partial charge in [-0.1, -0.05) is 0 Å². The number of carbonyl (C=O) groups excluding carboxylic acids is 1. The molecule has 1 saturated carbocycles. The molecule has 1 aromatic carbocycles. The first-order valence-electron chi connectivity index (χ1n) is 11.8. The Labute approximate surface area is 202 Å². The van der Waals surface area contributed by atoms with Gasteiger partial charge >= 0.3 is 0 Å². The number of amides is 1. The molecule has 6 rings (SSSR count). The minimum absolute atomic E-state index is 0.0922. The van der Waals surface area contributed by atoms with Crippen LogP contribution in [-0.2, 0) is 11.8 Å². The minimum Gasteiger partial charge on any atom is -0.378 e. The third-order valence-corrected chi connectivity index (χ3v) is 6.52. The van der Waals surface area contributed by atoms with Gasteiger partial charge < -0.3 is 25.3 Å². The summed E-state index contributed by atoms with van der Waals surface area (Å²) in [5, 5.41) is 3.27. The van der Waals surface area contributed by atoms with Crippen LogP contribution in [0, 0.1) is 0 Å². The van der Waals surface area contributed by atoms with Crippen molar-refractivity contribution in [1.82, 2.24) is 24.5 Å². The Morgan fingerprint density at radius 2 is 1.89 bits per heavy atom. The number of nitrogens with one attached hydrogen (secondary N) is 1. The number of hydrogen-bond acceptors (Lipinski definition) is 8. The maximum absolute atomic E-state index is 12.4. The van der Waals surface area contributed by atoms with Crippen molar-refractivity contribution >= 4 is 34.1 Å². The van der Waals surface area contributed by atoms with Crippen LogP contribution < -0.4 is 16.0 Å². The maximum atomic E-state index is 12.4. The number of carbonyl (C=O) groups is 1. The number of benzene rings is 1. The summed E-state index contributed by atoms with van der Waals surface area (Å²) in [5.74, 6) is 0.000702. The van der Waals surface area contributed by atoms with Gasteiger partial charge in [0.1, 0.15) is 5.52 Å². The van der Waals surface area contributed by atoms with Gasteiger partial charge in [-0.15, -0.1) is 0 Å².